The average molecular weight is 389 g/mol. The molecule has 2 aliphatic heterocycles. The molecule has 1 aromatic heterocycles. The number of benzene rings is 1. The normalized spacial score (nSPS) is 19.5. The lowest BCUT2D eigenvalue weighted by atomic mass is 9.86. The van der Waals surface area contributed by atoms with E-state index >= 15 is 0 Å². The smallest absolute Gasteiger partial charge is 0.275 e. The molecule has 0 saturated carbocycles. The molecule has 0 bridgehead atoms. The highest BCUT2D eigenvalue weighted by Crippen LogP contribution is 2.35. The Bertz CT molecular complexity index is 807. The summed E-state index contributed by atoms with van der Waals surface area (Å²) in [5.74, 6) is 0.0635. The number of carbonyl (C=O) groups is 1. The molecule has 0 aliphatic carbocycles. The summed E-state index contributed by atoms with van der Waals surface area (Å²) in [5, 5.41) is 10.8. The Hall–Kier alpha value is -1.85. The largest absolute Gasteiger partial charge is 0.330 e. The third-order valence-corrected chi connectivity index (χ3v) is 5.68. The molecule has 1 unspecified atom stereocenters. The molecular weight excluding hydrogens is 360 g/mol. The van der Waals surface area contributed by atoms with E-state index < -0.39 is 0 Å². The number of aromatic nitrogens is 2. The van der Waals surface area contributed by atoms with Gasteiger partial charge in [0.15, 0.2) is 5.69 Å². The summed E-state index contributed by atoms with van der Waals surface area (Å²) in [6, 6.07) is 8.95. The number of hydrogen-bond acceptors (Lipinski definition) is 3. The minimum Gasteiger partial charge on any atom is -0.330 e. The highest BCUT2D eigenvalue weighted by atomic mass is 35.5. The number of nitrogens with one attached hydrogen (secondary N) is 2. The Morgan fingerprint density at radius 2 is 1.96 bits per heavy atom. The first-order valence-electron chi connectivity index (χ1n) is 9.63. The molecule has 146 valence electrons. The maximum atomic E-state index is 13.2. The van der Waals surface area contributed by atoms with E-state index in [1.807, 2.05) is 4.90 Å². The summed E-state index contributed by atoms with van der Waals surface area (Å²) < 4.78 is 0. The Labute approximate surface area is 167 Å². The second kappa shape index (κ2) is 7.64. The Balaban J connectivity index is 0.00000210. The van der Waals surface area contributed by atoms with Gasteiger partial charge in [0.1, 0.15) is 0 Å². The number of fused-ring (bicyclic) bond motifs is 1. The molecule has 1 saturated heterocycles. The molecule has 1 aromatic carbocycles. The molecule has 27 heavy (non-hydrogen) atoms. The van der Waals surface area contributed by atoms with Gasteiger partial charge in [-0.05, 0) is 29.4 Å². The second-order valence-corrected chi connectivity index (χ2v) is 8.48. The van der Waals surface area contributed by atoms with Crippen molar-refractivity contribution in [2.24, 2.45) is 0 Å². The molecule has 1 atom stereocenters. The number of aromatic amines is 1. The van der Waals surface area contributed by atoms with Crippen LogP contribution in [0, 0.1) is 0 Å². The van der Waals surface area contributed by atoms with Crippen LogP contribution in [0.1, 0.15) is 72.5 Å². The maximum absolute atomic E-state index is 13.2. The molecule has 6 heteroatoms. The van der Waals surface area contributed by atoms with E-state index in [0.29, 0.717) is 5.69 Å². The predicted molar refractivity (Wildman–Crippen MR) is 109 cm³/mol. The SMILES string of the molecule is CC(C)(C)c1ccc(C2CCCN2C(=O)c2n[nH]c3c2CNCC3)cc1.Cl. The fourth-order valence-electron chi connectivity index (χ4n) is 4.10. The summed E-state index contributed by atoms with van der Waals surface area (Å²) in [4.78, 5) is 15.2. The van der Waals surface area contributed by atoms with E-state index in [0.717, 1.165) is 50.2 Å². The number of amides is 1. The zero-order valence-electron chi connectivity index (χ0n) is 16.3. The van der Waals surface area contributed by atoms with Crippen LogP contribution < -0.4 is 5.32 Å². The Morgan fingerprint density at radius 3 is 2.67 bits per heavy atom. The van der Waals surface area contributed by atoms with Crippen LogP contribution in [0.15, 0.2) is 24.3 Å². The van der Waals surface area contributed by atoms with Crippen LogP contribution >= 0.6 is 12.4 Å². The lowest BCUT2D eigenvalue weighted by Gasteiger charge is -2.26. The van der Waals surface area contributed by atoms with Crippen LogP contribution in [0.5, 0.6) is 0 Å². The minimum atomic E-state index is 0. The molecule has 3 heterocycles. The summed E-state index contributed by atoms with van der Waals surface area (Å²) in [6.45, 7) is 9.15. The lowest BCUT2D eigenvalue weighted by Crippen LogP contribution is -2.33. The van der Waals surface area contributed by atoms with Crippen LogP contribution in [0.3, 0.4) is 0 Å². The molecule has 1 fully saturated rings. The van der Waals surface area contributed by atoms with Crippen LogP contribution in [0.2, 0.25) is 0 Å². The van der Waals surface area contributed by atoms with E-state index in [1.165, 1.54) is 11.1 Å². The third kappa shape index (κ3) is 3.76. The van der Waals surface area contributed by atoms with E-state index in [1.54, 1.807) is 0 Å². The number of nitrogens with zero attached hydrogens (tertiary/aromatic N) is 2. The zero-order valence-corrected chi connectivity index (χ0v) is 17.2. The van der Waals surface area contributed by atoms with Gasteiger partial charge in [-0.1, -0.05) is 45.0 Å². The van der Waals surface area contributed by atoms with E-state index in [-0.39, 0.29) is 29.8 Å². The fourth-order valence-corrected chi connectivity index (χ4v) is 4.10. The summed E-state index contributed by atoms with van der Waals surface area (Å²) >= 11 is 0. The predicted octanol–water partition coefficient (Wildman–Crippen LogP) is 3.75. The molecule has 2 aliphatic rings. The quantitative estimate of drug-likeness (QED) is 0.823. The number of carbonyl (C=O) groups excluding carboxylic acids is 1. The number of likely N-dealkylation sites (tertiary alicyclic amines) is 1. The number of H-pyrrole nitrogens is 1. The molecule has 2 N–H and O–H groups in total. The van der Waals surface area contributed by atoms with Crippen molar-refractivity contribution in [3.8, 4) is 0 Å². The third-order valence-electron chi connectivity index (χ3n) is 5.68. The first kappa shape index (κ1) is 19.9. The number of hydrogen-bond donors (Lipinski definition) is 2. The van der Waals surface area contributed by atoms with E-state index in [9.17, 15) is 4.79 Å². The fraction of sp³-hybridized carbons (Fsp3) is 0.524. The first-order valence-corrected chi connectivity index (χ1v) is 9.63. The van der Waals surface area contributed by atoms with Gasteiger partial charge in [-0.3, -0.25) is 9.89 Å². The van der Waals surface area contributed by atoms with Crippen molar-refractivity contribution in [2.75, 3.05) is 13.1 Å². The standard InChI is InChI=1S/C21H28N4O.ClH/c1-21(2,3)15-8-6-14(7-9-15)18-5-4-12-25(18)20(26)19-16-13-22-11-10-17(16)23-24-19;/h6-9,18,22H,4-5,10-13H2,1-3H3,(H,23,24);1H. The van der Waals surface area contributed by atoms with Gasteiger partial charge in [0.05, 0.1) is 6.04 Å². The van der Waals surface area contributed by atoms with Crippen LogP contribution in [0.25, 0.3) is 0 Å². The van der Waals surface area contributed by atoms with Gasteiger partial charge in [0.25, 0.3) is 5.91 Å². The van der Waals surface area contributed by atoms with Crippen molar-refractivity contribution >= 4 is 18.3 Å². The topological polar surface area (TPSA) is 61.0 Å². The summed E-state index contributed by atoms with van der Waals surface area (Å²) in [6.07, 6.45) is 2.97. The van der Waals surface area contributed by atoms with Gasteiger partial charge in [-0.15, -0.1) is 12.4 Å². The van der Waals surface area contributed by atoms with Gasteiger partial charge < -0.3 is 10.2 Å². The summed E-state index contributed by atoms with van der Waals surface area (Å²) in [5.41, 5.74) is 5.46. The highest BCUT2D eigenvalue weighted by Gasteiger charge is 2.34. The second-order valence-electron chi connectivity index (χ2n) is 8.48. The van der Waals surface area contributed by atoms with Gasteiger partial charge in [-0.25, -0.2) is 0 Å². The van der Waals surface area contributed by atoms with E-state index in [4.69, 9.17) is 0 Å². The molecule has 0 spiro atoms. The van der Waals surface area contributed by atoms with Crippen molar-refractivity contribution in [1.29, 1.82) is 0 Å². The molecule has 2 aromatic rings. The number of halogens is 1. The molecule has 5 nitrogen and oxygen atoms in total. The highest BCUT2D eigenvalue weighted by molar-refractivity contribution is 5.94. The van der Waals surface area contributed by atoms with E-state index in [2.05, 4.69) is 60.6 Å². The van der Waals surface area contributed by atoms with Crippen LogP contribution in [-0.4, -0.2) is 34.1 Å². The lowest BCUT2D eigenvalue weighted by molar-refractivity contribution is 0.0728. The van der Waals surface area contributed by atoms with Crippen molar-refractivity contribution in [1.82, 2.24) is 20.4 Å². The van der Waals surface area contributed by atoms with Crippen molar-refractivity contribution < 1.29 is 4.79 Å². The van der Waals surface area contributed by atoms with Crippen LogP contribution in [-0.2, 0) is 18.4 Å². The van der Waals surface area contributed by atoms with Crippen molar-refractivity contribution in [3.05, 3.63) is 52.3 Å². The van der Waals surface area contributed by atoms with Gasteiger partial charge in [0.2, 0.25) is 0 Å². The Kier molecular flexibility index (Phi) is 5.63. The number of rotatable bonds is 2. The first-order chi connectivity index (χ1) is 12.4. The summed E-state index contributed by atoms with van der Waals surface area (Å²) in [7, 11) is 0. The molecular formula is C21H29ClN4O. The molecule has 1 amide bonds. The minimum absolute atomic E-state index is 0. The average Bonchev–Trinajstić information content (AvgIpc) is 3.28. The molecule has 4 rings (SSSR count). The van der Waals surface area contributed by atoms with Gasteiger partial charge >= 0.3 is 0 Å². The molecule has 0 radical (unpaired) electrons. The Morgan fingerprint density at radius 1 is 1.22 bits per heavy atom. The van der Waals surface area contributed by atoms with Gasteiger partial charge in [-0.2, -0.15) is 5.10 Å². The maximum Gasteiger partial charge on any atom is 0.275 e. The van der Waals surface area contributed by atoms with Gasteiger partial charge in [0, 0.05) is 37.3 Å². The van der Waals surface area contributed by atoms with Crippen molar-refractivity contribution in [2.45, 2.75) is 58.0 Å². The van der Waals surface area contributed by atoms with Crippen molar-refractivity contribution in [3.63, 3.8) is 0 Å². The van der Waals surface area contributed by atoms with Crippen LogP contribution in [0.4, 0.5) is 0 Å². The monoisotopic (exact) mass is 388 g/mol. The zero-order chi connectivity index (χ0) is 18.3.